The highest BCUT2D eigenvalue weighted by Crippen LogP contribution is 2.30. The molecule has 16 heavy (non-hydrogen) atoms. The molecule has 1 aliphatic rings. The molecule has 3 nitrogen and oxygen atoms in total. The Kier molecular flexibility index (Phi) is 3.32. The average molecular weight is 219 g/mol. The highest BCUT2D eigenvalue weighted by atomic mass is 15.2. The van der Waals surface area contributed by atoms with Crippen molar-refractivity contribution in [3.63, 3.8) is 0 Å². The van der Waals surface area contributed by atoms with Crippen molar-refractivity contribution < 1.29 is 0 Å². The number of hydrogen-bond acceptors (Lipinski definition) is 3. The van der Waals surface area contributed by atoms with E-state index in [0.29, 0.717) is 6.04 Å². The van der Waals surface area contributed by atoms with Crippen LogP contribution in [0.5, 0.6) is 0 Å². The zero-order valence-corrected chi connectivity index (χ0v) is 10.2. The van der Waals surface area contributed by atoms with E-state index in [4.69, 9.17) is 5.73 Å². The lowest BCUT2D eigenvalue weighted by atomic mass is 9.87. The Bertz CT molecular complexity index is 343. The quantitative estimate of drug-likeness (QED) is 0.831. The molecule has 1 aromatic heterocycles. The molecular formula is C13H21N3. The minimum atomic E-state index is 0.605. The minimum absolute atomic E-state index is 0.605. The molecule has 1 saturated carbocycles. The molecule has 2 N–H and O–H groups in total. The van der Waals surface area contributed by atoms with Gasteiger partial charge in [0.15, 0.2) is 5.82 Å². The topological polar surface area (TPSA) is 42.2 Å². The SMILES string of the molecule is CC1CCC(N(C)c2ncccc2N)CC1. The Balaban J connectivity index is 2.07. The monoisotopic (exact) mass is 219 g/mol. The lowest BCUT2D eigenvalue weighted by Crippen LogP contribution is -2.35. The summed E-state index contributed by atoms with van der Waals surface area (Å²) in [4.78, 5) is 6.62. The maximum Gasteiger partial charge on any atom is 0.151 e. The maximum atomic E-state index is 5.95. The first-order chi connectivity index (χ1) is 7.68. The second-order valence-electron chi connectivity index (χ2n) is 4.94. The summed E-state index contributed by atoms with van der Waals surface area (Å²) >= 11 is 0. The smallest absolute Gasteiger partial charge is 0.151 e. The maximum absolute atomic E-state index is 5.95. The van der Waals surface area contributed by atoms with Crippen LogP contribution >= 0.6 is 0 Å². The molecule has 0 amide bonds. The van der Waals surface area contributed by atoms with Crippen molar-refractivity contribution in [1.29, 1.82) is 0 Å². The molecule has 0 radical (unpaired) electrons. The fraction of sp³-hybridized carbons (Fsp3) is 0.615. The number of nitrogens with zero attached hydrogens (tertiary/aromatic N) is 2. The fourth-order valence-electron chi connectivity index (χ4n) is 2.51. The van der Waals surface area contributed by atoms with Crippen LogP contribution in [-0.2, 0) is 0 Å². The molecule has 0 aromatic carbocycles. The fourth-order valence-corrected chi connectivity index (χ4v) is 2.51. The van der Waals surface area contributed by atoms with Gasteiger partial charge in [-0.2, -0.15) is 0 Å². The Labute approximate surface area is 97.7 Å². The van der Waals surface area contributed by atoms with Crippen molar-refractivity contribution in [2.75, 3.05) is 17.7 Å². The van der Waals surface area contributed by atoms with Gasteiger partial charge in [0.05, 0.1) is 5.69 Å². The number of hydrogen-bond donors (Lipinski definition) is 1. The van der Waals surface area contributed by atoms with Gasteiger partial charge < -0.3 is 10.6 Å². The molecule has 3 heteroatoms. The molecular weight excluding hydrogens is 198 g/mol. The second-order valence-corrected chi connectivity index (χ2v) is 4.94. The lowest BCUT2D eigenvalue weighted by Gasteiger charge is -2.34. The molecule has 0 spiro atoms. The van der Waals surface area contributed by atoms with E-state index in [1.165, 1.54) is 25.7 Å². The zero-order valence-electron chi connectivity index (χ0n) is 10.2. The van der Waals surface area contributed by atoms with Gasteiger partial charge in [-0.15, -0.1) is 0 Å². The van der Waals surface area contributed by atoms with Crippen molar-refractivity contribution in [2.24, 2.45) is 5.92 Å². The third-order valence-electron chi connectivity index (χ3n) is 3.68. The summed E-state index contributed by atoms with van der Waals surface area (Å²) in [7, 11) is 2.11. The van der Waals surface area contributed by atoms with Crippen LogP contribution in [0.4, 0.5) is 11.5 Å². The van der Waals surface area contributed by atoms with Crippen molar-refractivity contribution in [1.82, 2.24) is 4.98 Å². The van der Waals surface area contributed by atoms with E-state index in [0.717, 1.165) is 17.4 Å². The van der Waals surface area contributed by atoms with Gasteiger partial charge in [-0.1, -0.05) is 6.92 Å². The van der Waals surface area contributed by atoms with E-state index in [2.05, 4.69) is 23.9 Å². The summed E-state index contributed by atoms with van der Waals surface area (Å²) in [6, 6.07) is 4.41. The first-order valence-corrected chi connectivity index (χ1v) is 6.12. The number of anilines is 2. The molecule has 0 atom stereocenters. The first kappa shape index (κ1) is 11.2. The molecule has 0 aliphatic heterocycles. The van der Waals surface area contributed by atoms with E-state index < -0.39 is 0 Å². The van der Waals surface area contributed by atoms with Crippen molar-refractivity contribution in [3.8, 4) is 0 Å². The van der Waals surface area contributed by atoms with Gasteiger partial charge in [0.25, 0.3) is 0 Å². The molecule has 1 aliphatic carbocycles. The summed E-state index contributed by atoms with van der Waals surface area (Å²) in [6.45, 7) is 2.34. The summed E-state index contributed by atoms with van der Waals surface area (Å²) in [5.41, 5.74) is 6.73. The van der Waals surface area contributed by atoms with E-state index in [9.17, 15) is 0 Å². The predicted octanol–water partition coefficient (Wildman–Crippen LogP) is 2.68. The highest BCUT2D eigenvalue weighted by Gasteiger charge is 2.23. The van der Waals surface area contributed by atoms with Crippen molar-refractivity contribution >= 4 is 11.5 Å². The standard InChI is InChI=1S/C13H21N3/c1-10-5-7-11(8-6-10)16(2)13-12(14)4-3-9-15-13/h3-4,9-11H,5-8,14H2,1-2H3. The van der Waals surface area contributed by atoms with Gasteiger partial charge in [0.2, 0.25) is 0 Å². The number of rotatable bonds is 2. The summed E-state index contributed by atoms with van der Waals surface area (Å²) < 4.78 is 0. The van der Waals surface area contributed by atoms with Crippen molar-refractivity contribution in [2.45, 2.75) is 38.6 Å². The summed E-state index contributed by atoms with van der Waals surface area (Å²) in [5.74, 6) is 1.81. The van der Waals surface area contributed by atoms with Crippen LogP contribution < -0.4 is 10.6 Å². The third-order valence-corrected chi connectivity index (χ3v) is 3.68. The van der Waals surface area contributed by atoms with Crippen LogP contribution in [0, 0.1) is 5.92 Å². The number of aromatic nitrogens is 1. The summed E-state index contributed by atoms with van der Waals surface area (Å²) in [5, 5.41) is 0. The van der Waals surface area contributed by atoms with Crippen LogP contribution in [0.3, 0.4) is 0 Å². The van der Waals surface area contributed by atoms with Crippen LogP contribution in [0.1, 0.15) is 32.6 Å². The molecule has 1 heterocycles. The second kappa shape index (κ2) is 4.73. The Morgan fingerprint density at radius 2 is 2.00 bits per heavy atom. The average Bonchev–Trinajstić information content (AvgIpc) is 2.30. The van der Waals surface area contributed by atoms with Crippen LogP contribution in [0.15, 0.2) is 18.3 Å². The minimum Gasteiger partial charge on any atom is -0.396 e. The largest absolute Gasteiger partial charge is 0.396 e. The van der Waals surface area contributed by atoms with Crippen LogP contribution in [0.25, 0.3) is 0 Å². The van der Waals surface area contributed by atoms with E-state index >= 15 is 0 Å². The number of pyridine rings is 1. The Morgan fingerprint density at radius 3 is 2.62 bits per heavy atom. The predicted molar refractivity (Wildman–Crippen MR) is 68.5 cm³/mol. The van der Waals surface area contributed by atoms with Crippen LogP contribution in [0.2, 0.25) is 0 Å². The molecule has 0 bridgehead atoms. The molecule has 0 saturated heterocycles. The molecule has 1 aromatic rings. The highest BCUT2D eigenvalue weighted by molar-refractivity contribution is 5.62. The molecule has 0 unspecified atom stereocenters. The number of nitrogens with two attached hydrogens (primary N) is 1. The molecule has 88 valence electrons. The van der Waals surface area contributed by atoms with Gasteiger partial charge in [-0.3, -0.25) is 0 Å². The first-order valence-electron chi connectivity index (χ1n) is 6.12. The normalized spacial score (nSPS) is 25.4. The van der Waals surface area contributed by atoms with Crippen LogP contribution in [-0.4, -0.2) is 18.1 Å². The van der Waals surface area contributed by atoms with E-state index in [1.807, 2.05) is 18.3 Å². The summed E-state index contributed by atoms with van der Waals surface area (Å²) in [6.07, 6.45) is 6.97. The van der Waals surface area contributed by atoms with Gasteiger partial charge in [-0.25, -0.2) is 4.98 Å². The van der Waals surface area contributed by atoms with Gasteiger partial charge >= 0.3 is 0 Å². The van der Waals surface area contributed by atoms with Crippen molar-refractivity contribution in [3.05, 3.63) is 18.3 Å². The lowest BCUT2D eigenvalue weighted by molar-refractivity contribution is 0.340. The van der Waals surface area contributed by atoms with E-state index in [-0.39, 0.29) is 0 Å². The molecule has 2 rings (SSSR count). The van der Waals surface area contributed by atoms with Gasteiger partial charge in [0, 0.05) is 19.3 Å². The molecule has 1 fully saturated rings. The van der Waals surface area contributed by atoms with E-state index in [1.54, 1.807) is 0 Å². The zero-order chi connectivity index (χ0) is 11.5. The Morgan fingerprint density at radius 1 is 1.31 bits per heavy atom. The third kappa shape index (κ3) is 2.29. The number of nitrogen functional groups attached to an aromatic ring is 1. The van der Waals surface area contributed by atoms with Gasteiger partial charge in [0.1, 0.15) is 0 Å². The Hall–Kier alpha value is -1.25. The van der Waals surface area contributed by atoms with Gasteiger partial charge in [-0.05, 0) is 43.7 Å².